The van der Waals surface area contributed by atoms with Gasteiger partial charge in [-0.2, -0.15) is 0 Å². The van der Waals surface area contributed by atoms with Crippen LogP contribution in [0.15, 0.2) is 0 Å². The van der Waals surface area contributed by atoms with Gasteiger partial charge in [-0.05, 0) is 38.8 Å². The quantitative estimate of drug-likeness (QED) is 0.0735. The van der Waals surface area contributed by atoms with Crippen LogP contribution >= 0.6 is 15.9 Å². The number of hydrogen-bond donors (Lipinski definition) is 1. The molecule has 0 bridgehead atoms. The second kappa shape index (κ2) is 20.8. The molecule has 0 aromatic carbocycles. The normalized spacial score (nSPS) is 13.2. The Morgan fingerprint density at radius 2 is 1.18 bits per heavy atom. The van der Waals surface area contributed by atoms with E-state index in [0.717, 1.165) is 31.2 Å². The summed E-state index contributed by atoms with van der Waals surface area (Å²) >= 11 is 3.46. The molecule has 5 heteroatoms. The van der Waals surface area contributed by atoms with Gasteiger partial charge >= 0.3 is 8.56 Å². The minimum absolute atomic E-state index is 0.654. The van der Waals surface area contributed by atoms with Crippen molar-refractivity contribution in [1.29, 1.82) is 0 Å². The van der Waals surface area contributed by atoms with Crippen molar-refractivity contribution in [3.8, 4) is 0 Å². The number of aliphatic hydroxyl groups excluding tert-OH is 1. The molecule has 0 fully saturated rings. The van der Waals surface area contributed by atoms with Crippen LogP contribution in [0.25, 0.3) is 0 Å². The number of hydrogen-bond acceptors (Lipinski definition) is 3. The third kappa shape index (κ3) is 21.3. The summed E-state index contributed by atoms with van der Waals surface area (Å²) in [4.78, 5) is 0. The predicted molar refractivity (Wildman–Crippen MR) is 128 cm³/mol. The second-order valence-corrected chi connectivity index (χ2v) is 12.7. The molecule has 0 saturated carbocycles. The summed E-state index contributed by atoms with van der Waals surface area (Å²) in [5, 5.41) is 11.2. The summed E-state index contributed by atoms with van der Waals surface area (Å²) < 4.78 is 11.8. The van der Waals surface area contributed by atoms with E-state index in [0.29, 0.717) is 0 Å². The van der Waals surface area contributed by atoms with Gasteiger partial charge in [0.25, 0.3) is 0 Å². The van der Waals surface area contributed by atoms with Crippen LogP contribution in [0.2, 0.25) is 13.1 Å². The number of aliphatic hydroxyl groups is 1. The Bertz CT molecular complexity index is 316. The van der Waals surface area contributed by atoms with E-state index in [1.165, 1.54) is 89.9 Å². The zero-order chi connectivity index (χ0) is 20.9. The fourth-order valence-electron chi connectivity index (χ4n) is 3.45. The summed E-state index contributed by atoms with van der Waals surface area (Å²) in [7, 11) is -2.20. The first-order valence-corrected chi connectivity index (χ1v) is 16.0. The number of rotatable bonds is 22. The first-order chi connectivity index (χ1) is 13.5. The molecule has 0 radical (unpaired) electrons. The lowest BCUT2D eigenvalue weighted by atomic mass is 10.0. The molecule has 1 N–H and O–H groups in total. The van der Waals surface area contributed by atoms with Crippen molar-refractivity contribution in [2.45, 2.75) is 135 Å². The molecule has 1 atom stereocenters. The van der Waals surface area contributed by atoms with Gasteiger partial charge in [-0.1, -0.05) is 106 Å². The van der Waals surface area contributed by atoms with E-state index >= 15 is 0 Å². The molecule has 28 heavy (non-hydrogen) atoms. The third-order valence-electron chi connectivity index (χ3n) is 5.20. The predicted octanol–water partition coefficient (Wildman–Crippen LogP) is 8.09. The van der Waals surface area contributed by atoms with Crippen molar-refractivity contribution < 1.29 is 14.0 Å². The van der Waals surface area contributed by atoms with Crippen LogP contribution in [0.3, 0.4) is 0 Å². The Balaban J connectivity index is 3.44. The van der Waals surface area contributed by atoms with Gasteiger partial charge in [0.15, 0.2) is 0 Å². The summed E-state index contributed by atoms with van der Waals surface area (Å²) in [6, 6.07) is 0. The van der Waals surface area contributed by atoms with Gasteiger partial charge in [-0.25, -0.2) is 0 Å². The van der Waals surface area contributed by atoms with E-state index in [4.69, 9.17) is 8.85 Å². The summed E-state index contributed by atoms with van der Waals surface area (Å²) in [5.74, 6) is 0. The van der Waals surface area contributed by atoms with Gasteiger partial charge in [0.1, 0.15) is 6.29 Å². The van der Waals surface area contributed by atoms with Crippen LogP contribution in [0.4, 0.5) is 0 Å². The van der Waals surface area contributed by atoms with Crippen LogP contribution in [0, 0.1) is 0 Å². The first-order valence-electron chi connectivity index (χ1n) is 12.1. The lowest BCUT2D eigenvalue weighted by Crippen LogP contribution is -2.39. The van der Waals surface area contributed by atoms with Gasteiger partial charge in [-0.15, -0.1) is 0 Å². The van der Waals surface area contributed by atoms with E-state index < -0.39 is 14.9 Å². The molecule has 170 valence electrons. The number of alkyl halides is 1. The highest BCUT2D eigenvalue weighted by atomic mass is 79.9. The van der Waals surface area contributed by atoms with E-state index in [9.17, 15) is 5.11 Å². The molecule has 0 aromatic heterocycles. The zero-order valence-electron chi connectivity index (χ0n) is 19.2. The molecule has 0 heterocycles. The molecule has 0 spiro atoms. The van der Waals surface area contributed by atoms with Crippen LogP contribution in [-0.4, -0.2) is 31.9 Å². The highest BCUT2D eigenvalue weighted by Gasteiger charge is 2.27. The molecule has 3 nitrogen and oxygen atoms in total. The Labute approximate surface area is 185 Å². The van der Waals surface area contributed by atoms with Gasteiger partial charge in [0, 0.05) is 11.9 Å². The molecule has 0 saturated heterocycles. The second-order valence-electron chi connectivity index (χ2n) is 8.60. The SMILES string of the molecule is CCCCCCCCCCCCCCC(O)O[Si](C)(C)OCCCCCCBr. The maximum atomic E-state index is 10.1. The minimum atomic E-state index is -2.20. The Morgan fingerprint density at radius 1 is 0.714 bits per heavy atom. The number of unbranched alkanes of at least 4 members (excludes halogenated alkanes) is 14. The summed E-state index contributed by atoms with van der Waals surface area (Å²) in [6.45, 7) is 7.11. The van der Waals surface area contributed by atoms with Gasteiger partial charge < -0.3 is 14.0 Å². The van der Waals surface area contributed by atoms with Crippen LogP contribution in [0.5, 0.6) is 0 Å². The molecule has 0 aromatic rings. The van der Waals surface area contributed by atoms with E-state index in [1.54, 1.807) is 0 Å². The van der Waals surface area contributed by atoms with Crippen molar-refractivity contribution in [3.63, 3.8) is 0 Å². The van der Waals surface area contributed by atoms with Crippen LogP contribution in [0.1, 0.15) is 116 Å². The minimum Gasteiger partial charge on any atom is -0.394 e. The maximum Gasteiger partial charge on any atom is 0.333 e. The highest BCUT2D eigenvalue weighted by molar-refractivity contribution is 9.09. The van der Waals surface area contributed by atoms with E-state index in [2.05, 4.69) is 22.9 Å². The van der Waals surface area contributed by atoms with Crippen molar-refractivity contribution in [1.82, 2.24) is 0 Å². The Morgan fingerprint density at radius 3 is 1.71 bits per heavy atom. The Hall–Kier alpha value is 0.577. The van der Waals surface area contributed by atoms with Gasteiger partial charge in [0.2, 0.25) is 0 Å². The molecule has 0 aliphatic carbocycles. The van der Waals surface area contributed by atoms with Gasteiger partial charge in [0.05, 0.1) is 0 Å². The molecule has 0 aliphatic heterocycles. The lowest BCUT2D eigenvalue weighted by molar-refractivity contribution is -0.0503. The summed E-state index contributed by atoms with van der Waals surface area (Å²) in [6.07, 6.45) is 20.9. The monoisotopic (exact) mass is 480 g/mol. The maximum absolute atomic E-state index is 10.1. The van der Waals surface area contributed by atoms with Crippen molar-refractivity contribution in [2.75, 3.05) is 11.9 Å². The largest absolute Gasteiger partial charge is 0.394 e. The van der Waals surface area contributed by atoms with Crippen molar-refractivity contribution in [3.05, 3.63) is 0 Å². The topological polar surface area (TPSA) is 38.7 Å². The van der Waals surface area contributed by atoms with Crippen LogP contribution in [-0.2, 0) is 8.85 Å². The highest BCUT2D eigenvalue weighted by Crippen LogP contribution is 2.16. The fourth-order valence-corrected chi connectivity index (χ4v) is 5.32. The number of halogens is 1. The van der Waals surface area contributed by atoms with E-state index in [1.807, 2.05) is 13.1 Å². The average molecular weight is 482 g/mol. The standard InChI is InChI=1S/C23H49BrO3Si/c1-4-5-6-7-8-9-10-11-12-13-14-17-20-23(25)27-28(2,3)26-22-19-16-15-18-21-24/h23,25H,4-22H2,1-3H3. The van der Waals surface area contributed by atoms with E-state index in [-0.39, 0.29) is 0 Å². The molecular formula is C23H49BrO3Si. The smallest absolute Gasteiger partial charge is 0.333 e. The first kappa shape index (κ1) is 28.6. The average Bonchev–Trinajstić information content (AvgIpc) is 2.65. The van der Waals surface area contributed by atoms with Crippen LogP contribution < -0.4 is 0 Å². The molecule has 0 rings (SSSR count). The molecule has 0 aliphatic rings. The fraction of sp³-hybridized carbons (Fsp3) is 1.00. The third-order valence-corrected chi connectivity index (χ3v) is 7.50. The molecular weight excluding hydrogens is 432 g/mol. The lowest BCUT2D eigenvalue weighted by Gasteiger charge is -2.26. The van der Waals surface area contributed by atoms with Crippen molar-refractivity contribution >= 4 is 24.5 Å². The van der Waals surface area contributed by atoms with Gasteiger partial charge in [-0.3, -0.25) is 0 Å². The molecule has 1 unspecified atom stereocenters. The molecule has 0 amide bonds. The zero-order valence-corrected chi connectivity index (χ0v) is 21.7. The summed E-state index contributed by atoms with van der Waals surface area (Å²) in [5.41, 5.74) is 0. The van der Waals surface area contributed by atoms with Crippen molar-refractivity contribution in [2.24, 2.45) is 0 Å². The Kier molecular flexibility index (Phi) is 21.3.